The molecule has 0 aliphatic carbocycles. The SMILES string of the molecule is COc1c2cc(C)cc1c1cc(C)cc(c1OC)c1cc(C)cc(c1OC)c1cc(C)cc(c1OC)c1cc(C)cc(c1OC)c1cc(C)cc2c1OC. The minimum Gasteiger partial charge on any atom is -0.495 e. The molecule has 0 aliphatic rings. The Kier molecular flexibility index (Phi) is 9.57. The summed E-state index contributed by atoms with van der Waals surface area (Å²) >= 11 is 0. The zero-order chi connectivity index (χ0) is 38.6. The van der Waals surface area contributed by atoms with Gasteiger partial charge in [0.15, 0.2) is 0 Å². The summed E-state index contributed by atoms with van der Waals surface area (Å²) in [6.07, 6.45) is 0. The Hall–Kier alpha value is -5.88. The summed E-state index contributed by atoms with van der Waals surface area (Å²) in [6.45, 7) is 12.7. The molecule has 0 heterocycles. The van der Waals surface area contributed by atoms with Crippen LogP contribution < -0.4 is 28.4 Å². The molecule has 7 aromatic carbocycles. The molecule has 0 aromatic heterocycles. The quantitative estimate of drug-likeness (QED) is 0.170. The van der Waals surface area contributed by atoms with Crippen LogP contribution in [0.2, 0.25) is 0 Å². The second kappa shape index (κ2) is 14.2. The Morgan fingerprint density at radius 2 is 0.296 bits per heavy atom. The van der Waals surface area contributed by atoms with E-state index < -0.39 is 0 Å². The fraction of sp³-hybridized carbons (Fsp3) is 0.250. The van der Waals surface area contributed by atoms with E-state index in [1.165, 1.54) is 0 Å². The van der Waals surface area contributed by atoms with Crippen molar-refractivity contribution >= 4 is 64.6 Å². The smallest absolute Gasteiger partial charge is 0.134 e. The van der Waals surface area contributed by atoms with Crippen molar-refractivity contribution in [2.24, 2.45) is 0 Å². The molecule has 0 saturated heterocycles. The number of rotatable bonds is 6. The van der Waals surface area contributed by atoms with Crippen molar-refractivity contribution in [1.29, 1.82) is 0 Å². The van der Waals surface area contributed by atoms with E-state index in [0.29, 0.717) is 0 Å². The first-order valence-electron chi connectivity index (χ1n) is 18.1. The van der Waals surface area contributed by atoms with Crippen molar-refractivity contribution in [2.45, 2.75) is 41.5 Å². The molecule has 0 saturated carbocycles. The van der Waals surface area contributed by atoms with Crippen molar-refractivity contribution in [3.8, 4) is 34.5 Å². The van der Waals surface area contributed by atoms with Gasteiger partial charge in [0.25, 0.3) is 0 Å². The third-order valence-corrected chi connectivity index (χ3v) is 10.4. The van der Waals surface area contributed by atoms with E-state index >= 15 is 0 Å². The summed E-state index contributed by atoms with van der Waals surface area (Å²) in [4.78, 5) is 0. The molecule has 7 aromatic rings. The van der Waals surface area contributed by atoms with Gasteiger partial charge in [-0.3, -0.25) is 0 Å². The molecule has 54 heavy (non-hydrogen) atoms. The predicted molar refractivity (Wildman–Crippen MR) is 226 cm³/mol. The maximum Gasteiger partial charge on any atom is 0.134 e. The Bertz CT molecular complexity index is 2140. The molecule has 276 valence electrons. The van der Waals surface area contributed by atoms with Crippen molar-refractivity contribution in [1.82, 2.24) is 0 Å². The third kappa shape index (κ3) is 5.90. The van der Waals surface area contributed by atoms with Gasteiger partial charge < -0.3 is 28.4 Å². The lowest BCUT2D eigenvalue weighted by atomic mass is 9.95. The van der Waals surface area contributed by atoms with Gasteiger partial charge in [-0.15, -0.1) is 0 Å². The number of hydrogen-bond acceptors (Lipinski definition) is 6. The van der Waals surface area contributed by atoms with Gasteiger partial charge in [0, 0.05) is 64.6 Å². The first kappa shape index (κ1) is 36.5. The van der Waals surface area contributed by atoms with E-state index in [4.69, 9.17) is 28.4 Å². The number of methoxy groups -OCH3 is 6. The van der Waals surface area contributed by atoms with Gasteiger partial charge in [0.1, 0.15) is 34.5 Å². The van der Waals surface area contributed by atoms with Crippen molar-refractivity contribution in [3.63, 3.8) is 0 Å². The molecule has 0 atom stereocenters. The second-order valence-corrected chi connectivity index (χ2v) is 14.4. The van der Waals surface area contributed by atoms with Gasteiger partial charge in [-0.25, -0.2) is 0 Å². The number of fused-ring (bicyclic) bond motifs is 18. The van der Waals surface area contributed by atoms with E-state index in [1.807, 2.05) is 0 Å². The largest absolute Gasteiger partial charge is 0.495 e. The highest BCUT2D eigenvalue weighted by molar-refractivity contribution is 6.15. The van der Waals surface area contributed by atoms with Crippen LogP contribution in [-0.2, 0) is 0 Å². The molecule has 6 nitrogen and oxygen atoms in total. The molecule has 0 spiro atoms. The van der Waals surface area contributed by atoms with E-state index in [0.717, 1.165) is 133 Å². The van der Waals surface area contributed by atoms with E-state index in [2.05, 4.69) is 114 Å². The van der Waals surface area contributed by atoms with Crippen LogP contribution in [0.3, 0.4) is 0 Å². The van der Waals surface area contributed by atoms with Crippen LogP contribution in [0, 0.1) is 41.5 Å². The topological polar surface area (TPSA) is 55.4 Å². The first-order valence-corrected chi connectivity index (χ1v) is 18.1. The lowest BCUT2D eigenvalue weighted by Gasteiger charge is -2.18. The minimum atomic E-state index is 0.718. The van der Waals surface area contributed by atoms with Crippen molar-refractivity contribution in [2.75, 3.05) is 42.7 Å². The second-order valence-electron chi connectivity index (χ2n) is 14.4. The van der Waals surface area contributed by atoms with Crippen LogP contribution in [0.5, 0.6) is 34.5 Å². The highest BCUT2D eigenvalue weighted by Crippen LogP contribution is 2.47. The normalized spacial score (nSPS) is 11.3. The van der Waals surface area contributed by atoms with Gasteiger partial charge in [-0.1, -0.05) is 0 Å². The number of hydrogen-bond donors (Lipinski definition) is 0. The average Bonchev–Trinajstić information content (AvgIpc) is 3.15. The fourth-order valence-corrected chi connectivity index (χ4v) is 8.36. The summed E-state index contributed by atoms with van der Waals surface area (Å²) < 4.78 is 38.4. The fourth-order valence-electron chi connectivity index (χ4n) is 8.36. The summed E-state index contributed by atoms with van der Waals surface area (Å²) in [5.41, 5.74) is 6.40. The number of benzene rings is 6. The maximum atomic E-state index is 6.39. The molecule has 0 aliphatic heterocycles. The molecule has 0 radical (unpaired) electrons. The number of ether oxygens (including phenoxy) is 6. The zero-order valence-electron chi connectivity index (χ0n) is 33.4. The van der Waals surface area contributed by atoms with Crippen LogP contribution >= 0.6 is 0 Å². The molecule has 7 rings (SSSR count). The molecule has 6 heteroatoms. The van der Waals surface area contributed by atoms with E-state index in [-0.39, 0.29) is 0 Å². The number of aryl methyl sites for hydroxylation is 6. The average molecular weight is 721 g/mol. The van der Waals surface area contributed by atoms with Crippen LogP contribution in [-0.4, -0.2) is 42.7 Å². The standard InChI is InChI=1S/C48H48O6/c1-25-13-31-33-15-26(2)17-35(44(33)50-8)37-19-28(4)21-39(46(37)52-10)41-23-30(6)24-42(48(41)54-12)40-22-29(5)20-38(47(40)53-11)36-18-27(3)16-34(45(36)51-9)32(14-25)43(31)49-7/h13-24H,1-12H3. The van der Waals surface area contributed by atoms with Crippen LogP contribution in [0.4, 0.5) is 0 Å². The lowest BCUT2D eigenvalue weighted by molar-refractivity contribution is 0.417. The highest BCUT2D eigenvalue weighted by Gasteiger charge is 2.20. The van der Waals surface area contributed by atoms with Crippen LogP contribution in [0.1, 0.15) is 33.4 Å². The van der Waals surface area contributed by atoms with E-state index in [1.54, 1.807) is 42.7 Å². The monoisotopic (exact) mass is 720 g/mol. The zero-order valence-corrected chi connectivity index (χ0v) is 33.4. The molecule has 0 amide bonds. The summed E-state index contributed by atoms with van der Waals surface area (Å²) in [6, 6.07) is 26.0. The maximum absolute atomic E-state index is 6.39. The third-order valence-electron chi connectivity index (χ3n) is 10.4. The Morgan fingerprint density at radius 1 is 0.204 bits per heavy atom. The van der Waals surface area contributed by atoms with Gasteiger partial charge in [0.2, 0.25) is 0 Å². The lowest BCUT2D eigenvalue weighted by Crippen LogP contribution is -1.95. The summed E-state index contributed by atoms with van der Waals surface area (Å²) in [7, 11) is 10.4. The van der Waals surface area contributed by atoms with Crippen molar-refractivity contribution < 1.29 is 28.4 Å². The highest BCUT2D eigenvalue weighted by atomic mass is 16.5. The molecule has 0 unspecified atom stereocenters. The van der Waals surface area contributed by atoms with Gasteiger partial charge in [-0.05, 0) is 148 Å². The molecule has 12 bridgehead atoms. The van der Waals surface area contributed by atoms with Gasteiger partial charge >= 0.3 is 0 Å². The van der Waals surface area contributed by atoms with Gasteiger partial charge in [-0.2, -0.15) is 0 Å². The predicted octanol–water partition coefficient (Wildman–Crippen LogP) is 12.2. The van der Waals surface area contributed by atoms with Crippen molar-refractivity contribution in [3.05, 3.63) is 106 Å². The molecular weight excluding hydrogens is 673 g/mol. The molecule has 0 N–H and O–H groups in total. The molecular formula is C48H48O6. The minimum absolute atomic E-state index is 0.718. The van der Waals surface area contributed by atoms with E-state index in [9.17, 15) is 0 Å². The Morgan fingerprint density at radius 3 is 0.370 bits per heavy atom. The first-order chi connectivity index (χ1) is 26.0. The van der Waals surface area contributed by atoms with Crippen LogP contribution in [0.25, 0.3) is 64.6 Å². The Labute approximate surface area is 317 Å². The van der Waals surface area contributed by atoms with Gasteiger partial charge in [0.05, 0.1) is 42.7 Å². The molecule has 0 fully saturated rings. The summed E-state index contributed by atoms with van der Waals surface area (Å²) in [5, 5.41) is 10.9. The Balaban J connectivity index is 1.99. The summed E-state index contributed by atoms with van der Waals surface area (Å²) in [5.74, 6) is 4.31. The van der Waals surface area contributed by atoms with Crippen LogP contribution in [0.15, 0.2) is 72.8 Å².